The Hall–Kier alpha value is -3.76. The number of carbonyl (C=O) groups excluding carboxylic acids is 3. The standard InChI is InChI=1S/C35H44ClN5O5/c1-22-9-10-27(17-30(22)36)41(35(44)46-28-11-15-39(16-12-28)24(3)42)14-6-13-38-18-25-20-40(21-26(25)19-38)34(43)32-23(2)29-7-5-8-31(45-4)33(29)37-32/h5,7-10,17,25-26,28,37H,6,11-16,18-21H2,1-4H3. The van der Waals surface area contributed by atoms with Crippen LogP contribution in [0.3, 0.4) is 0 Å². The number of nitrogens with zero attached hydrogens (tertiary/aromatic N) is 4. The normalized spacial score (nSPS) is 20.3. The first-order chi connectivity index (χ1) is 22.1. The van der Waals surface area contributed by atoms with Gasteiger partial charge in [0.15, 0.2) is 0 Å². The molecule has 2 atom stereocenters. The van der Waals surface area contributed by atoms with Crippen molar-refractivity contribution in [2.45, 2.75) is 46.1 Å². The van der Waals surface area contributed by atoms with Gasteiger partial charge in [-0.25, -0.2) is 4.79 Å². The summed E-state index contributed by atoms with van der Waals surface area (Å²) in [6, 6.07) is 11.5. The fourth-order valence-corrected chi connectivity index (χ4v) is 7.50. The number of fused-ring (bicyclic) bond motifs is 2. The Labute approximate surface area is 275 Å². The Morgan fingerprint density at radius 2 is 1.72 bits per heavy atom. The van der Waals surface area contributed by atoms with Crippen molar-refractivity contribution >= 4 is 46.1 Å². The maximum atomic E-state index is 13.6. The van der Waals surface area contributed by atoms with Crippen molar-refractivity contribution in [2.75, 3.05) is 64.4 Å². The van der Waals surface area contributed by atoms with Crippen LogP contribution < -0.4 is 9.64 Å². The van der Waals surface area contributed by atoms with E-state index in [-0.39, 0.29) is 24.0 Å². The van der Waals surface area contributed by atoms with E-state index in [4.69, 9.17) is 21.1 Å². The molecule has 0 spiro atoms. The summed E-state index contributed by atoms with van der Waals surface area (Å²) in [5.41, 5.74) is 4.13. The van der Waals surface area contributed by atoms with E-state index in [9.17, 15) is 14.4 Å². The number of anilines is 1. The molecule has 3 fully saturated rings. The lowest BCUT2D eigenvalue weighted by Crippen LogP contribution is -2.43. The van der Waals surface area contributed by atoms with Crippen molar-refractivity contribution in [3.05, 3.63) is 58.2 Å². The van der Waals surface area contributed by atoms with Crippen LogP contribution in [0.5, 0.6) is 5.75 Å². The lowest BCUT2D eigenvalue weighted by molar-refractivity contribution is -0.130. The number of halogens is 1. The molecule has 3 aliphatic rings. The maximum absolute atomic E-state index is 13.6. The van der Waals surface area contributed by atoms with Crippen LogP contribution in [0.1, 0.15) is 47.8 Å². The minimum atomic E-state index is -0.376. The number of methoxy groups -OCH3 is 1. The van der Waals surface area contributed by atoms with Crippen LogP contribution in [0.4, 0.5) is 10.5 Å². The SMILES string of the molecule is COc1cccc2c(C)c(C(=O)N3CC4CN(CCCN(C(=O)OC5CCN(C(C)=O)CC5)c5ccc(C)c(Cl)c5)CC4C3)[nH]c12. The molecule has 4 heterocycles. The summed E-state index contributed by atoms with van der Waals surface area (Å²) in [7, 11) is 1.64. The predicted molar refractivity (Wildman–Crippen MR) is 179 cm³/mol. The number of rotatable bonds is 8. The number of hydrogen-bond donors (Lipinski definition) is 1. The molecule has 3 amide bonds. The summed E-state index contributed by atoms with van der Waals surface area (Å²) < 4.78 is 11.5. The molecule has 1 N–H and O–H groups in total. The van der Waals surface area contributed by atoms with Crippen LogP contribution in [0, 0.1) is 25.7 Å². The third-order valence-corrected chi connectivity index (χ3v) is 10.4. The van der Waals surface area contributed by atoms with Crippen molar-refractivity contribution in [3.63, 3.8) is 0 Å². The molecule has 2 unspecified atom stereocenters. The fraction of sp³-hybridized carbons (Fsp3) is 0.514. The van der Waals surface area contributed by atoms with Gasteiger partial charge < -0.3 is 29.2 Å². The van der Waals surface area contributed by atoms with E-state index in [0.29, 0.717) is 55.0 Å². The van der Waals surface area contributed by atoms with E-state index in [1.807, 2.05) is 55.1 Å². The van der Waals surface area contributed by atoms with Gasteiger partial charge in [0.05, 0.1) is 12.6 Å². The number of hydrogen-bond acceptors (Lipinski definition) is 6. The minimum Gasteiger partial charge on any atom is -0.495 e. The van der Waals surface area contributed by atoms with Crippen LogP contribution in [-0.4, -0.2) is 103 Å². The molecule has 3 saturated heterocycles. The molecule has 246 valence electrons. The van der Waals surface area contributed by atoms with Crippen LogP contribution in [0.25, 0.3) is 10.9 Å². The number of aryl methyl sites for hydroxylation is 2. The van der Waals surface area contributed by atoms with Gasteiger partial charge in [-0.15, -0.1) is 0 Å². The Morgan fingerprint density at radius 3 is 2.37 bits per heavy atom. The van der Waals surface area contributed by atoms with E-state index in [0.717, 1.165) is 72.6 Å². The molecule has 3 aliphatic heterocycles. The first-order valence-corrected chi connectivity index (χ1v) is 16.7. The van der Waals surface area contributed by atoms with Gasteiger partial charge in [0.25, 0.3) is 5.91 Å². The molecule has 0 aliphatic carbocycles. The molecule has 0 bridgehead atoms. The quantitative estimate of drug-likeness (QED) is 0.346. The van der Waals surface area contributed by atoms with Crippen molar-refractivity contribution in [3.8, 4) is 5.75 Å². The molecule has 2 aromatic carbocycles. The van der Waals surface area contributed by atoms with Gasteiger partial charge >= 0.3 is 6.09 Å². The summed E-state index contributed by atoms with van der Waals surface area (Å²) >= 11 is 6.45. The Bertz CT molecular complexity index is 1600. The summed E-state index contributed by atoms with van der Waals surface area (Å²) in [4.78, 5) is 50.0. The largest absolute Gasteiger partial charge is 0.495 e. The molecular formula is C35H44ClN5O5. The molecule has 1 aromatic heterocycles. The van der Waals surface area contributed by atoms with Crippen molar-refractivity contribution in [1.82, 2.24) is 19.7 Å². The number of ether oxygens (including phenoxy) is 2. The molecular weight excluding hydrogens is 606 g/mol. The highest BCUT2D eigenvalue weighted by Gasteiger charge is 2.42. The number of H-pyrrole nitrogens is 1. The number of para-hydroxylation sites is 1. The first-order valence-electron chi connectivity index (χ1n) is 16.3. The van der Waals surface area contributed by atoms with Gasteiger partial charge in [0.2, 0.25) is 5.91 Å². The lowest BCUT2D eigenvalue weighted by atomic mass is 10.0. The zero-order chi connectivity index (χ0) is 32.5. The molecule has 10 nitrogen and oxygen atoms in total. The third kappa shape index (κ3) is 6.55. The number of nitrogens with one attached hydrogen (secondary N) is 1. The number of amides is 3. The Balaban J connectivity index is 1.03. The van der Waals surface area contributed by atoms with Gasteiger partial charge in [-0.3, -0.25) is 14.5 Å². The van der Waals surface area contributed by atoms with Gasteiger partial charge in [-0.1, -0.05) is 29.8 Å². The number of benzene rings is 2. The summed E-state index contributed by atoms with van der Waals surface area (Å²) in [6.07, 6.45) is 1.46. The second kappa shape index (κ2) is 13.5. The van der Waals surface area contributed by atoms with Gasteiger partial charge in [-0.05, 0) is 68.0 Å². The number of likely N-dealkylation sites (tertiary alicyclic amines) is 3. The van der Waals surface area contributed by atoms with E-state index in [2.05, 4.69) is 9.88 Å². The Kier molecular flexibility index (Phi) is 9.47. The van der Waals surface area contributed by atoms with Gasteiger partial charge in [0, 0.05) is 81.7 Å². The monoisotopic (exact) mass is 649 g/mol. The van der Waals surface area contributed by atoms with Crippen LogP contribution >= 0.6 is 11.6 Å². The highest BCUT2D eigenvalue weighted by Crippen LogP contribution is 2.35. The molecule has 46 heavy (non-hydrogen) atoms. The number of piperidine rings is 1. The molecule has 11 heteroatoms. The van der Waals surface area contributed by atoms with Crippen molar-refractivity contribution in [2.24, 2.45) is 11.8 Å². The average molecular weight is 650 g/mol. The van der Waals surface area contributed by atoms with Crippen molar-refractivity contribution in [1.29, 1.82) is 0 Å². The highest BCUT2D eigenvalue weighted by molar-refractivity contribution is 6.31. The van der Waals surface area contributed by atoms with Gasteiger partial charge in [-0.2, -0.15) is 0 Å². The average Bonchev–Trinajstić information content (AvgIpc) is 3.72. The molecule has 0 radical (unpaired) electrons. The van der Waals surface area contributed by atoms with E-state index in [1.165, 1.54) is 0 Å². The number of carbonyl (C=O) groups is 3. The molecule has 0 saturated carbocycles. The second-order valence-electron chi connectivity index (χ2n) is 13.0. The summed E-state index contributed by atoms with van der Waals surface area (Å²) in [5.74, 6) is 1.70. The van der Waals surface area contributed by atoms with Crippen molar-refractivity contribution < 1.29 is 23.9 Å². The minimum absolute atomic E-state index is 0.0505. The third-order valence-electron chi connectivity index (χ3n) is 10.0. The number of aromatic nitrogens is 1. The highest BCUT2D eigenvalue weighted by atomic mass is 35.5. The Morgan fingerprint density at radius 1 is 1.00 bits per heavy atom. The summed E-state index contributed by atoms with van der Waals surface area (Å²) in [5, 5.41) is 1.62. The zero-order valence-electron chi connectivity index (χ0n) is 27.2. The number of aromatic amines is 1. The summed E-state index contributed by atoms with van der Waals surface area (Å²) in [6.45, 7) is 11.4. The second-order valence-corrected chi connectivity index (χ2v) is 13.4. The molecule has 6 rings (SSSR count). The van der Waals surface area contributed by atoms with Crippen LogP contribution in [0.15, 0.2) is 36.4 Å². The van der Waals surface area contributed by atoms with Gasteiger partial charge in [0.1, 0.15) is 17.5 Å². The zero-order valence-corrected chi connectivity index (χ0v) is 27.9. The first kappa shape index (κ1) is 32.2. The lowest BCUT2D eigenvalue weighted by Gasteiger charge is -2.32. The van der Waals surface area contributed by atoms with Crippen LogP contribution in [-0.2, 0) is 9.53 Å². The van der Waals surface area contributed by atoms with E-state index < -0.39 is 0 Å². The van der Waals surface area contributed by atoms with E-state index in [1.54, 1.807) is 23.8 Å². The van der Waals surface area contributed by atoms with E-state index >= 15 is 0 Å². The molecule has 3 aromatic rings. The topological polar surface area (TPSA) is 98.4 Å². The predicted octanol–water partition coefficient (Wildman–Crippen LogP) is 5.49. The fourth-order valence-electron chi connectivity index (χ4n) is 7.33. The van der Waals surface area contributed by atoms with Crippen LogP contribution in [0.2, 0.25) is 5.02 Å². The maximum Gasteiger partial charge on any atom is 0.414 e. The smallest absolute Gasteiger partial charge is 0.414 e.